The molecule has 0 aromatic rings. The zero-order chi connectivity index (χ0) is 14.8. The molecule has 1 rings (SSSR count). The number of aliphatic carboxylic acids is 1. The highest BCUT2D eigenvalue weighted by Gasteiger charge is 2.35. The van der Waals surface area contributed by atoms with Crippen LogP contribution in [-0.2, 0) is 14.4 Å². The van der Waals surface area contributed by atoms with Gasteiger partial charge < -0.3 is 5.11 Å². The molecule has 1 aliphatic heterocycles. The second-order valence-electron chi connectivity index (χ2n) is 6.67. The van der Waals surface area contributed by atoms with E-state index in [1.807, 2.05) is 27.7 Å². The molecule has 0 fully saturated rings. The standard InChI is InChI=1S/C14H21NO4/c1-13(2,7-12(18)19)8-14(3,4)9-15-10(16)5-6-11(15)17/h5-6H,7-9H2,1-4H3,(H,18,19). The molecule has 0 unspecified atom stereocenters. The second-order valence-corrected chi connectivity index (χ2v) is 6.67. The van der Waals surface area contributed by atoms with E-state index in [1.165, 1.54) is 17.1 Å². The molecular weight excluding hydrogens is 246 g/mol. The number of hydrogen-bond acceptors (Lipinski definition) is 3. The zero-order valence-electron chi connectivity index (χ0n) is 11.9. The highest BCUT2D eigenvalue weighted by atomic mass is 16.4. The summed E-state index contributed by atoms with van der Waals surface area (Å²) >= 11 is 0. The molecule has 0 spiro atoms. The first-order valence-corrected chi connectivity index (χ1v) is 6.28. The Morgan fingerprint density at radius 3 is 2.00 bits per heavy atom. The number of rotatable bonds is 6. The van der Waals surface area contributed by atoms with Gasteiger partial charge in [-0.05, 0) is 17.3 Å². The summed E-state index contributed by atoms with van der Waals surface area (Å²) < 4.78 is 0. The fourth-order valence-electron chi connectivity index (χ4n) is 2.84. The van der Waals surface area contributed by atoms with Crippen LogP contribution in [0.4, 0.5) is 0 Å². The van der Waals surface area contributed by atoms with Crippen molar-refractivity contribution in [3.63, 3.8) is 0 Å². The van der Waals surface area contributed by atoms with Crippen molar-refractivity contribution >= 4 is 17.8 Å². The number of nitrogens with zero attached hydrogens (tertiary/aromatic N) is 1. The van der Waals surface area contributed by atoms with Gasteiger partial charge in [0.15, 0.2) is 0 Å². The van der Waals surface area contributed by atoms with Crippen molar-refractivity contribution in [2.75, 3.05) is 6.54 Å². The molecular formula is C14H21NO4. The van der Waals surface area contributed by atoms with Gasteiger partial charge in [0.1, 0.15) is 0 Å². The molecule has 5 nitrogen and oxygen atoms in total. The van der Waals surface area contributed by atoms with Gasteiger partial charge in [0, 0.05) is 18.7 Å². The normalized spacial score (nSPS) is 16.3. The van der Waals surface area contributed by atoms with Gasteiger partial charge in [-0.3, -0.25) is 19.3 Å². The van der Waals surface area contributed by atoms with Crippen LogP contribution in [0.3, 0.4) is 0 Å². The quantitative estimate of drug-likeness (QED) is 0.745. The smallest absolute Gasteiger partial charge is 0.303 e. The molecule has 0 atom stereocenters. The van der Waals surface area contributed by atoms with Gasteiger partial charge in [0.25, 0.3) is 11.8 Å². The second kappa shape index (κ2) is 5.15. The number of hydrogen-bond donors (Lipinski definition) is 1. The minimum absolute atomic E-state index is 0.0660. The minimum atomic E-state index is -0.837. The molecule has 0 aromatic carbocycles. The van der Waals surface area contributed by atoms with Crippen LogP contribution in [0.15, 0.2) is 12.2 Å². The fourth-order valence-corrected chi connectivity index (χ4v) is 2.84. The first kappa shape index (κ1) is 15.4. The summed E-state index contributed by atoms with van der Waals surface area (Å²) in [6, 6.07) is 0. The molecule has 0 aliphatic carbocycles. The van der Waals surface area contributed by atoms with Crippen molar-refractivity contribution in [2.45, 2.75) is 40.5 Å². The molecule has 2 amide bonds. The van der Waals surface area contributed by atoms with Crippen LogP contribution in [0.5, 0.6) is 0 Å². The third-order valence-corrected chi connectivity index (χ3v) is 3.07. The lowest BCUT2D eigenvalue weighted by atomic mass is 9.73. The van der Waals surface area contributed by atoms with Gasteiger partial charge in [-0.25, -0.2) is 0 Å². The number of carbonyl (C=O) groups excluding carboxylic acids is 2. The molecule has 5 heteroatoms. The van der Waals surface area contributed by atoms with Crippen molar-refractivity contribution < 1.29 is 19.5 Å². The molecule has 0 radical (unpaired) electrons. The number of carboxylic acids is 1. The summed E-state index contributed by atoms with van der Waals surface area (Å²) in [5.41, 5.74) is -0.704. The van der Waals surface area contributed by atoms with Gasteiger partial charge in [-0.1, -0.05) is 27.7 Å². The largest absolute Gasteiger partial charge is 0.481 e. The maximum Gasteiger partial charge on any atom is 0.303 e. The van der Waals surface area contributed by atoms with Crippen molar-refractivity contribution in [1.82, 2.24) is 4.90 Å². The monoisotopic (exact) mass is 267 g/mol. The Kier molecular flexibility index (Phi) is 4.18. The summed E-state index contributed by atoms with van der Waals surface area (Å²) in [6.07, 6.45) is 3.21. The molecule has 1 heterocycles. The van der Waals surface area contributed by atoms with E-state index in [0.717, 1.165) is 0 Å². The van der Waals surface area contributed by atoms with E-state index in [4.69, 9.17) is 5.11 Å². The van der Waals surface area contributed by atoms with Crippen LogP contribution in [0.25, 0.3) is 0 Å². The molecule has 19 heavy (non-hydrogen) atoms. The molecule has 0 saturated carbocycles. The average molecular weight is 267 g/mol. The van der Waals surface area contributed by atoms with Crippen molar-refractivity contribution in [3.8, 4) is 0 Å². The van der Waals surface area contributed by atoms with Gasteiger partial charge >= 0.3 is 5.97 Å². The van der Waals surface area contributed by atoms with Gasteiger partial charge in [-0.2, -0.15) is 0 Å². The van der Waals surface area contributed by atoms with Crippen molar-refractivity contribution in [2.24, 2.45) is 10.8 Å². The number of carboxylic acid groups (broad SMARTS) is 1. The topological polar surface area (TPSA) is 74.7 Å². The van der Waals surface area contributed by atoms with Crippen LogP contribution in [0.2, 0.25) is 0 Å². The maximum atomic E-state index is 11.5. The predicted molar refractivity (Wildman–Crippen MR) is 70.3 cm³/mol. The van der Waals surface area contributed by atoms with E-state index in [-0.39, 0.29) is 29.1 Å². The Balaban J connectivity index is 2.68. The Bertz CT molecular complexity index is 417. The average Bonchev–Trinajstić information content (AvgIpc) is 2.44. The number of imide groups is 1. The maximum absolute atomic E-state index is 11.5. The summed E-state index contributed by atoms with van der Waals surface area (Å²) in [5, 5.41) is 8.89. The molecule has 0 saturated heterocycles. The summed E-state index contributed by atoms with van der Waals surface area (Å²) in [4.78, 5) is 35.1. The fraction of sp³-hybridized carbons (Fsp3) is 0.643. The zero-order valence-corrected chi connectivity index (χ0v) is 11.9. The van der Waals surface area contributed by atoms with E-state index < -0.39 is 5.97 Å². The Hall–Kier alpha value is -1.65. The summed E-state index contributed by atoms with van der Waals surface area (Å²) in [7, 11) is 0. The van der Waals surface area contributed by atoms with Gasteiger partial charge in [0.2, 0.25) is 0 Å². The van der Waals surface area contributed by atoms with Crippen LogP contribution >= 0.6 is 0 Å². The van der Waals surface area contributed by atoms with Crippen molar-refractivity contribution in [1.29, 1.82) is 0 Å². The van der Waals surface area contributed by atoms with Crippen LogP contribution < -0.4 is 0 Å². The lowest BCUT2D eigenvalue weighted by molar-refractivity contribution is -0.142. The first-order valence-electron chi connectivity index (χ1n) is 6.28. The highest BCUT2D eigenvalue weighted by molar-refractivity contribution is 6.12. The lowest BCUT2D eigenvalue weighted by Crippen LogP contribution is -2.40. The van der Waals surface area contributed by atoms with E-state index in [1.54, 1.807) is 0 Å². The SMILES string of the molecule is CC(C)(CC(=O)O)CC(C)(C)CN1C(=O)C=CC1=O. The predicted octanol–water partition coefficient (Wildman–Crippen LogP) is 1.83. The van der Waals surface area contributed by atoms with Gasteiger partial charge in [-0.15, -0.1) is 0 Å². The van der Waals surface area contributed by atoms with E-state index in [2.05, 4.69) is 0 Å². The summed E-state index contributed by atoms with van der Waals surface area (Å²) in [6.45, 7) is 7.95. The molecule has 106 valence electrons. The van der Waals surface area contributed by atoms with Crippen LogP contribution in [0.1, 0.15) is 40.5 Å². The number of carbonyl (C=O) groups is 3. The van der Waals surface area contributed by atoms with E-state index >= 15 is 0 Å². The lowest BCUT2D eigenvalue weighted by Gasteiger charge is -2.36. The van der Waals surface area contributed by atoms with E-state index in [0.29, 0.717) is 13.0 Å². The molecule has 1 N–H and O–H groups in total. The molecule has 0 aromatic heterocycles. The Morgan fingerprint density at radius 2 is 1.58 bits per heavy atom. The third kappa shape index (κ3) is 4.50. The van der Waals surface area contributed by atoms with Crippen LogP contribution in [0, 0.1) is 10.8 Å². The minimum Gasteiger partial charge on any atom is -0.481 e. The number of amides is 2. The van der Waals surface area contributed by atoms with E-state index in [9.17, 15) is 14.4 Å². The third-order valence-electron chi connectivity index (χ3n) is 3.07. The molecule has 1 aliphatic rings. The first-order chi connectivity index (χ1) is 8.52. The van der Waals surface area contributed by atoms with Crippen LogP contribution in [-0.4, -0.2) is 34.3 Å². The van der Waals surface area contributed by atoms with Crippen molar-refractivity contribution in [3.05, 3.63) is 12.2 Å². The Morgan fingerprint density at radius 1 is 1.11 bits per heavy atom. The Labute approximate surface area is 113 Å². The van der Waals surface area contributed by atoms with Gasteiger partial charge in [0.05, 0.1) is 6.42 Å². The summed E-state index contributed by atoms with van der Waals surface area (Å²) in [5.74, 6) is -1.43. The molecule has 0 bridgehead atoms. The highest BCUT2D eigenvalue weighted by Crippen LogP contribution is 2.37.